The highest BCUT2D eigenvalue weighted by molar-refractivity contribution is 5.94. The number of anilines is 3. The van der Waals surface area contributed by atoms with Crippen LogP contribution in [-0.2, 0) is 0 Å². The number of hydrogen-bond donors (Lipinski definition) is 2. The fourth-order valence-corrected chi connectivity index (χ4v) is 4.17. The Morgan fingerprint density at radius 2 is 1.85 bits per heavy atom. The largest absolute Gasteiger partial charge is 0.423 e. The van der Waals surface area contributed by atoms with Crippen LogP contribution in [0.5, 0.6) is 0 Å². The smallest absolute Gasteiger partial charge is 0.299 e. The molecule has 0 aliphatic carbocycles. The summed E-state index contributed by atoms with van der Waals surface area (Å²) in [6.45, 7) is 3.87. The van der Waals surface area contributed by atoms with Crippen LogP contribution in [0.2, 0.25) is 0 Å². The Bertz CT molecular complexity index is 1420. The first-order valence-electron chi connectivity index (χ1n) is 11.2. The lowest BCUT2D eigenvalue weighted by Crippen LogP contribution is -2.19. The van der Waals surface area contributed by atoms with Gasteiger partial charge in [0.2, 0.25) is 5.91 Å². The van der Waals surface area contributed by atoms with Gasteiger partial charge in [0.25, 0.3) is 11.6 Å². The van der Waals surface area contributed by atoms with Gasteiger partial charge in [-0.2, -0.15) is 0 Å². The molecule has 8 nitrogen and oxygen atoms in total. The van der Waals surface area contributed by atoms with Gasteiger partial charge in [-0.25, -0.2) is 4.98 Å². The summed E-state index contributed by atoms with van der Waals surface area (Å²) in [5, 5.41) is 3.13. The molecule has 8 heteroatoms. The van der Waals surface area contributed by atoms with Crippen LogP contribution in [0.25, 0.3) is 17.0 Å². The molecule has 5 rings (SSSR count). The normalized spacial score (nSPS) is 13.3. The van der Waals surface area contributed by atoms with Gasteiger partial charge in [-0.15, -0.1) is 0 Å². The number of nitrogens with zero attached hydrogens (tertiary/aromatic N) is 3. The lowest BCUT2D eigenvalue weighted by Gasteiger charge is -2.20. The molecule has 3 N–H and O–H groups in total. The van der Waals surface area contributed by atoms with Gasteiger partial charge in [-0.3, -0.25) is 14.2 Å². The number of benzene rings is 2. The molecule has 1 fully saturated rings. The van der Waals surface area contributed by atoms with E-state index in [2.05, 4.69) is 21.3 Å². The summed E-state index contributed by atoms with van der Waals surface area (Å²) in [5.74, 6) is 0.0658. The Morgan fingerprint density at radius 1 is 1.06 bits per heavy atom. The summed E-state index contributed by atoms with van der Waals surface area (Å²) in [4.78, 5) is 30.7. The van der Waals surface area contributed by atoms with Gasteiger partial charge >= 0.3 is 0 Å². The van der Waals surface area contributed by atoms with E-state index in [1.54, 1.807) is 41.2 Å². The van der Waals surface area contributed by atoms with E-state index in [1.165, 1.54) is 0 Å². The topological polar surface area (TPSA) is 106 Å². The number of pyridine rings is 1. The van der Waals surface area contributed by atoms with E-state index in [9.17, 15) is 9.59 Å². The maximum absolute atomic E-state index is 12.5. The summed E-state index contributed by atoms with van der Waals surface area (Å²) in [5.41, 5.74) is 9.94. The van der Waals surface area contributed by atoms with Crippen molar-refractivity contribution < 1.29 is 9.21 Å². The molecule has 1 aliphatic rings. The molecule has 0 atom stereocenters. The van der Waals surface area contributed by atoms with Crippen molar-refractivity contribution in [1.82, 2.24) is 9.55 Å². The first-order valence-corrected chi connectivity index (χ1v) is 11.2. The lowest BCUT2D eigenvalue weighted by atomic mass is 10.1. The number of carbonyl (C=O) groups excluding carboxylic acids is 1. The fourth-order valence-electron chi connectivity index (χ4n) is 4.17. The number of rotatable bonds is 6. The number of aromatic nitrogens is 2. The standard InChI is InChI=1S/C26H25N5O3/c1-17-7-8-18(25(27)33)14-22(17)29-26-28-16-23(34-26)19-12-20(30-9-4-5-10-30)15-21(13-19)31-11-3-2-6-24(31)32/h2-3,6-8,11-16H,4-5,9-10H2,1H3,(H2,27,33)(H,28,29). The quantitative estimate of drug-likeness (QED) is 0.450. The molecule has 0 saturated carbocycles. The second-order valence-corrected chi connectivity index (χ2v) is 8.39. The Morgan fingerprint density at radius 3 is 2.62 bits per heavy atom. The van der Waals surface area contributed by atoms with Crippen molar-refractivity contribution in [1.29, 1.82) is 0 Å². The number of nitrogens with one attached hydrogen (secondary N) is 1. The number of oxazole rings is 1. The SMILES string of the molecule is Cc1ccc(C(N)=O)cc1Nc1ncc(-c2cc(N3CCCC3)cc(-n3ccccc3=O)c2)o1. The van der Waals surface area contributed by atoms with Crippen LogP contribution < -0.4 is 21.5 Å². The van der Waals surface area contributed by atoms with Gasteiger partial charge in [-0.05, 0) is 61.7 Å². The first kappa shape index (κ1) is 21.5. The van der Waals surface area contributed by atoms with Crippen LogP contribution >= 0.6 is 0 Å². The van der Waals surface area contributed by atoms with Gasteiger partial charge in [0, 0.05) is 47.9 Å². The molecule has 1 aliphatic heterocycles. The van der Waals surface area contributed by atoms with Crippen molar-refractivity contribution in [2.75, 3.05) is 23.3 Å². The zero-order valence-corrected chi connectivity index (χ0v) is 18.8. The molecule has 1 amide bonds. The predicted molar refractivity (Wildman–Crippen MR) is 132 cm³/mol. The number of carbonyl (C=O) groups is 1. The lowest BCUT2D eigenvalue weighted by molar-refractivity contribution is 0.100. The number of primary amides is 1. The molecule has 1 saturated heterocycles. The molecule has 2 aromatic carbocycles. The Balaban J connectivity index is 1.52. The zero-order valence-electron chi connectivity index (χ0n) is 18.8. The third-order valence-electron chi connectivity index (χ3n) is 6.03. The number of nitrogens with two attached hydrogens (primary N) is 1. The van der Waals surface area contributed by atoms with E-state index in [0.717, 1.165) is 48.4 Å². The van der Waals surface area contributed by atoms with Crippen LogP contribution in [0.15, 0.2) is 76.2 Å². The Kier molecular flexibility index (Phi) is 5.63. The highest BCUT2D eigenvalue weighted by Gasteiger charge is 2.17. The van der Waals surface area contributed by atoms with Crippen LogP contribution in [0, 0.1) is 6.92 Å². The van der Waals surface area contributed by atoms with Crippen LogP contribution in [0.3, 0.4) is 0 Å². The second kappa shape index (κ2) is 8.90. The maximum Gasteiger partial charge on any atom is 0.299 e. The minimum Gasteiger partial charge on any atom is -0.423 e. The summed E-state index contributed by atoms with van der Waals surface area (Å²) in [7, 11) is 0. The minimum absolute atomic E-state index is 0.100. The third-order valence-corrected chi connectivity index (χ3v) is 6.03. The summed E-state index contributed by atoms with van der Waals surface area (Å²) in [6, 6.07) is 16.6. The summed E-state index contributed by atoms with van der Waals surface area (Å²) in [6.07, 6.45) is 5.70. The molecule has 0 unspecified atom stereocenters. The van der Waals surface area contributed by atoms with Crippen molar-refractivity contribution in [2.24, 2.45) is 5.73 Å². The van der Waals surface area contributed by atoms with Crippen molar-refractivity contribution >= 4 is 23.3 Å². The maximum atomic E-state index is 12.5. The Labute approximate surface area is 196 Å². The molecular weight excluding hydrogens is 430 g/mol. The number of aryl methyl sites for hydroxylation is 1. The van der Waals surface area contributed by atoms with Crippen LogP contribution in [0.1, 0.15) is 28.8 Å². The van der Waals surface area contributed by atoms with E-state index in [4.69, 9.17) is 10.2 Å². The first-order chi connectivity index (χ1) is 16.5. The van der Waals surface area contributed by atoms with Crippen molar-refractivity contribution in [3.63, 3.8) is 0 Å². The van der Waals surface area contributed by atoms with E-state index >= 15 is 0 Å². The summed E-state index contributed by atoms with van der Waals surface area (Å²) < 4.78 is 7.65. The monoisotopic (exact) mass is 455 g/mol. The van der Waals surface area contributed by atoms with Gasteiger partial charge in [0.1, 0.15) is 0 Å². The molecule has 0 bridgehead atoms. The van der Waals surface area contributed by atoms with Crippen molar-refractivity contribution in [3.05, 3.63) is 88.5 Å². The molecule has 3 heterocycles. The number of amides is 1. The molecule has 4 aromatic rings. The van der Waals surface area contributed by atoms with Crippen LogP contribution in [-0.4, -0.2) is 28.5 Å². The number of hydrogen-bond acceptors (Lipinski definition) is 6. The average Bonchev–Trinajstić information content (AvgIpc) is 3.53. The van der Waals surface area contributed by atoms with Crippen LogP contribution in [0.4, 0.5) is 17.4 Å². The minimum atomic E-state index is -0.501. The van der Waals surface area contributed by atoms with Gasteiger partial charge in [0.05, 0.1) is 11.9 Å². The van der Waals surface area contributed by atoms with E-state index < -0.39 is 5.91 Å². The highest BCUT2D eigenvalue weighted by atomic mass is 16.4. The average molecular weight is 456 g/mol. The van der Waals surface area contributed by atoms with E-state index in [-0.39, 0.29) is 5.56 Å². The second-order valence-electron chi connectivity index (χ2n) is 8.39. The van der Waals surface area contributed by atoms with Gasteiger partial charge < -0.3 is 20.4 Å². The van der Waals surface area contributed by atoms with Crippen molar-refractivity contribution in [2.45, 2.75) is 19.8 Å². The zero-order chi connectivity index (χ0) is 23.7. The molecule has 0 spiro atoms. The third kappa shape index (κ3) is 4.30. The molecule has 172 valence electrons. The molecule has 34 heavy (non-hydrogen) atoms. The fraction of sp³-hybridized carbons (Fsp3) is 0.192. The van der Waals surface area contributed by atoms with E-state index in [1.807, 2.05) is 31.2 Å². The highest BCUT2D eigenvalue weighted by Crippen LogP contribution is 2.32. The van der Waals surface area contributed by atoms with Gasteiger partial charge in [-0.1, -0.05) is 12.1 Å². The van der Waals surface area contributed by atoms with Crippen molar-refractivity contribution in [3.8, 4) is 17.0 Å². The van der Waals surface area contributed by atoms with Gasteiger partial charge in [0.15, 0.2) is 5.76 Å². The molecule has 0 radical (unpaired) electrons. The molecule has 2 aromatic heterocycles. The predicted octanol–water partition coefficient (Wildman–Crippen LogP) is 4.24. The van der Waals surface area contributed by atoms with E-state index in [0.29, 0.717) is 23.0 Å². The molecular formula is C26H25N5O3. The Hall–Kier alpha value is -4.33. The summed E-state index contributed by atoms with van der Waals surface area (Å²) >= 11 is 0.